The zero-order valence-electron chi connectivity index (χ0n) is 10.6. The van der Waals surface area contributed by atoms with E-state index in [9.17, 15) is 9.59 Å². The van der Waals surface area contributed by atoms with Crippen LogP contribution < -0.4 is 5.32 Å². The second-order valence-corrected chi connectivity index (χ2v) is 5.70. The molecule has 19 heavy (non-hydrogen) atoms. The standard InChI is InChI=1S/C14H16BrNO3/c1-8-4-2-7-11(12(8)15)16-13(17)9-5-3-6-10(9)14(18)19/h2,4,7,9-10H,3,5-6H2,1H3,(H,16,17)(H,18,19)/t9-,10+/m1/s1. The fraction of sp³-hybridized carbons (Fsp3) is 0.429. The molecule has 0 bridgehead atoms. The van der Waals surface area contributed by atoms with Crippen LogP contribution in [0.4, 0.5) is 5.69 Å². The van der Waals surface area contributed by atoms with Crippen molar-refractivity contribution in [2.24, 2.45) is 11.8 Å². The summed E-state index contributed by atoms with van der Waals surface area (Å²) in [5.74, 6) is -2.05. The van der Waals surface area contributed by atoms with Gasteiger partial charge in [-0.05, 0) is 47.3 Å². The van der Waals surface area contributed by atoms with E-state index in [1.165, 1.54) is 0 Å². The number of carbonyl (C=O) groups excluding carboxylic acids is 1. The lowest BCUT2D eigenvalue weighted by atomic mass is 9.95. The van der Waals surface area contributed by atoms with Gasteiger partial charge in [0.2, 0.25) is 5.91 Å². The molecule has 1 fully saturated rings. The van der Waals surface area contributed by atoms with Crippen LogP contribution in [0.3, 0.4) is 0 Å². The summed E-state index contributed by atoms with van der Waals surface area (Å²) in [6.45, 7) is 1.94. The van der Waals surface area contributed by atoms with E-state index in [1.54, 1.807) is 6.07 Å². The number of carboxylic acid groups (broad SMARTS) is 1. The summed E-state index contributed by atoms with van der Waals surface area (Å²) in [7, 11) is 0. The van der Waals surface area contributed by atoms with Crippen molar-refractivity contribution in [2.75, 3.05) is 5.32 Å². The van der Waals surface area contributed by atoms with Gasteiger partial charge in [0.25, 0.3) is 0 Å². The highest BCUT2D eigenvalue weighted by atomic mass is 79.9. The van der Waals surface area contributed by atoms with Crippen molar-refractivity contribution in [3.05, 3.63) is 28.2 Å². The van der Waals surface area contributed by atoms with Crippen LogP contribution in [0.2, 0.25) is 0 Å². The SMILES string of the molecule is Cc1cccc(NC(=O)[C@@H]2CCC[C@@H]2C(=O)O)c1Br. The van der Waals surface area contributed by atoms with E-state index < -0.39 is 17.8 Å². The van der Waals surface area contributed by atoms with Gasteiger partial charge in [0.05, 0.1) is 17.5 Å². The molecule has 1 aromatic rings. The number of benzene rings is 1. The number of amides is 1. The molecule has 0 spiro atoms. The minimum absolute atomic E-state index is 0.198. The highest BCUT2D eigenvalue weighted by Crippen LogP contribution is 2.34. The fourth-order valence-electron chi connectivity index (χ4n) is 2.54. The van der Waals surface area contributed by atoms with Gasteiger partial charge in [-0.1, -0.05) is 18.6 Å². The minimum atomic E-state index is -0.874. The Bertz CT molecular complexity index is 515. The lowest BCUT2D eigenvalue weighted by Crippen LogP contribution is -2.30. The van der Waals surface area contributed by atoms with Crippen LogP contribution >= 0.6 is 15.9 Å². The maximum absolute atomic E-state index is 12.2. The Balaban J connectivity index is 2.13. The van der Waals surface area contributed by atoms with Crippen LogP contribution in [0, 0.1) is 18.8 Å². The van der Waals surface area contributed by atoms with Gasteiger partial charge in [0.1, 0.15) is 0 Å². The maximum atomic E-state index is 12.2. The molecule has 0 aliphatic heterocycles. The number of rotatable bonds is 3. The largest absolute Gasteiger partial charge is 0.481 e. The number of nitrogens with one attached hydrogen (secondary N) is 1. The number of carbonyl (C=O) groups is 2. The molecule has 0 heterocycles. The second-order valence-electron chi connectivity index (χ2n) is 4.91. The Morgan fingerprint density at radius 1 is 1.32 bits per heavy atom. The Hall–Kier alpha value is -1.36. The molecule has 1 aliphatic rings. The Morgan fingerprint density at radius 3 is 2.68 bits per heavy atom. The first-order valence-electron chi connectivity index (χ1n) is 6.29. The van der Waals surface area contributed by atoms with Crippen molar-refractivity contribution in [1.29, 1.82) is 0 Å². The number of aliphatic carboxylic acids is 1. The molecule has 2 N–H and O–H groups in total. The zero-order chi connectivity index (χ0) is 14.0. The van der Waals surface area contributed by atoms with Crippen molar-refractivity contribution >= 4 is 33.5 Å². The van der Waals surface area contributed by atoms with Crippen LogP contribution in [0.15, 0.2) is 22.7 Å². The van der Waals surface area contributed by atoms with E-state index in [0.29, 0.717) is 18.5 Å². The molecule has 102 valence electrons. The summed E-state index contributed by atoms with van der Waals surface area (Å²) < 4.78 is 0.841. The highest BCUT2D eigenvalue weighted by molar-refractivity contribution is 9.10. The Morgan fingerprint density at radius 2 is 2.00 bits per heavy atom. The monoisotopic (exact) mass is 325 g/mol. The van der Waals surface area contributed by atoms with Crippen LogP contribution in [0.25, 0.3) is 0 Å². The third kappa shape index (κ3) is 2.97. The molecule has 2 atom stereocenters. The van der Waals surface area contributed by atoms with Crippen LogP contribution in [0.1, 0.15) is 24.8 Å². The molecule has 1 amide bonds. The van der Waals surface area contributed by atoms with Crippen molar-refractivity contribution in [1.82, 2.24) is 0 Å². The van der Waals surface area contributed by atoms with Gasteiger partial charge in [-0.3, -0.25) is 9.59 Å². The van der Waals surface area contributed by atoms with Crippen LogP contribution in [-0.4, -0.2) is 17.0 Å². The lowest BCUT2D eigenvalue weighted by Gasteiger charge is -2.16. The van der Waals surface area contributed by atoms with Gasteiger partial charge in [0.15, 0.2) is 0 Å². The minimum Gasteiger partial charge on any atom is -0.481 e. The van der Waals surface area contributed by atoms with Gasteiger partial charge in [-0.15, -0.1) is 0 Å². The zero-order valence-corrected chi connectivity index (χ0v) is 12.2. The third-order valence-electron chi connectivity index (χ3n) is 3.62. The summed E-state index contributed by atoms with van der Waals surface area (Å²) in [5, 5.41) is 11.9. The highest BCUT2D eigenvalue weighted by Gasteiger charge is 2.37. The topological polar surface area (TPSA) is 66.4 Å². The molecular weight excluding hydrogens is 310 g/mol. The summed E-state index contributed by atoms with van der Waals surface area (Å²) >= 11 is 3.43. The van der Waals surface area contributed by atoms with Crippen molar-refractivity contribution < 1.29 is 14.7 Å². The van der Waals surface area contributed by atoms with E-state index >= 15 is 0 Å². The Kier molecular flexibility index (Phi) is 4.24. The first kappa shape index (κ1) is 14.1. The molecule has 1 saturated carbocycles. The number of aryl methyl sites for hydroxylation is 1. The normalized spacial score (nSPS) is 22.2. The van der Waals surface area contributed by atoms with E-state index in [1.807, 2.05) is 19.1 Å². The number of carboxylic acids is 1. The van der Waals surface area contributed by atoms with Crippen LogP contribution in [-0.2, 0) is 9.59 Å². The predicted octanol–water partition coefficient (Wildman–Crippen LogP) is 3.20. The smallest absolute Gasteiger partial charge is 0.307 e. The van der Waals surface area contributed by atoms with Gasteiger partial charge < -0.3 is 10.4 Å². The summed E-state index contributed by atoms with van der Waals surface area (Å²) in [5.41, 5.74) is 1.72. The third-order valence-corrected chi connectivity index (χ3v) is 4.67. The van der Waals surface area contributed by atoms with Gasteiger partial charge in [-0.25, -0.2) is 0 Å². The average Bonchev–Trinajstić information content (AvgIpc) is 2.84. The van der Waals surface area contributed by atoms with E-state index in [-0.39, 0.29) is 5.91 Å². The first-order valence-corrected chi connectivity index (χ1v) is 7.09. The maximum Gasteiger partial charge on any atom is 0.307 e. The number of hydrogen-bond donors (Lipinski definition) is 2. The molecule has 0 aromatic heterocycles. The quantitative estimate of drug-likeness (QED) is 0.896. The van der Waals surface area contributed by atoms with Gasteiger partial charge in [-0.2, -0.15) is 0 Å². The molecule has 5 heteroatoms. The summed E-state index contributed by atoms with van der Waals surface area (Å²) in [4.78, 5) is 23.3. The lowest BCUT2D eigenvalue weighted by molar-refractivity contribution is -0.145. The molecule has 1 aromatic carbocycles. The molecule has 0 unspecified atom stereocenters. The summed E-state index contributed by atoms with van der Waals surface area (Å²) in [6.07, 6.45) is 2.03. The molecule has 0 saturated heterocycles. The molecule has 4 nitrogen and oxygen atoms in total. The van der Waals surface area contributed by atoms with E-state index in [4.69, 9.17) is 5.11 Å². The molecular formula is C14H16BrNO3. The molecule has 1 aliphatic carbocycles. The van der Waals surface area contributed by atoms with Crippen molar-refractivity contribution in [3.63, 3.8) is 0 Å². The van der Waals surface area contributed by atoms with E-state index in [0.717, 1.165) is 16.5 Å². The van der Waals surface area contributed by atoms with Crippen LogP contribution in [0.5, 0.6) is 0 Å². The summed E-state index contributed by atoms with van der Waals surface area (Å²) in [6, 6.07) is 5.61. The molecule has 0 radical (unpaired) electrons. The van der Waals surface area contributed by atoms with E-state index in [2.05, 4.69) is 21.2 Å². The van der Waals surface area contributed by atoms with Gasteiger partial charge in [0, 0.05) is 4.47 Å². The van der Waals surface area contributed by atoms with Crippen molar-refractivity contribution in [2.45, 2.75) is 26.2 Å². The fourth-order valence-corrected chi connectivity index (χ4v) is 2.90. The van der Waals surface area contributed by atoms with Gasteiger partial charge >= 0.3 is 5.97 Å². The van der Waals surface area contributed by atoms with Crippen molar-refractivity contribution in [3.8, 4) is 0 Å². The first-order chi connectivity index (χ1) is 9.00. The second kappa shape index (κ2) is 5.74. The number of halogens is 1. The number of anilines is 1. The Labute approximate surface area is 120 Å². The predicted molar refractivity (Wildman–Crippen MR) is 76.0 cm³/mol. The number of hydrogen-bond acceptors (Lipinski definition) is 2. The average molecular weight is 326 g/mol. The molecule has 2 rings (SSSR count).